The summed E-state index contributed by atoms with van der Waals surface area (Å²) in [6, 6.07) is 8.95. The van der Waals surface area contributed by atoms with E-state index in [9.17, 15) is 15.0 Å². The molecule has 4 nitrogen and oxygen atoms in total. The molecule has 1 aliphatic rings. The summed E-state index contributed by atoms with van der Waals surface area (Å²) in [5, 5.41) is 22.2. The van der Waals surface area contributed by atoms with Gasteiger partial charge in [-0.15, -0.1) is 0 Å². The first-order chi connectivity index (χ1) is 10.2. The van der Waals surface area contributed by atoms with E-state index in [0.717, 1.165) is 25.7 Å². The Morgan fingerprint density at radius 3 is 2.48 bits per heavy atom. The second kappa shape index (κ2) is 7.57. The molecule has 21 heavy (non-hydrogen) atoms. The third kappa shape index (κ3) is 4.29. The van der Waals surface area contributed by atoms with E-state index in [4.69, 9.17) is 0 Å². The molecule has 0 bridgehead atoms. The van der Waals surface area contributed by atoms with Gasteiger partial charge in [0.2, 0.25) is 0 Å². The summed E-state index contributed by atoms with van der Waals surface area (Å²) < 4.78 is 0. The summed E-state index contributed by atoms with van der Waals surface area (Å²) in [7, 11) is 0. The molecule has 0 radical (unpaired) electrons. The van der Waals surface area contributed by atoms with Gasteiger partial charge in [0, 0.05) is 13.2 Å². The molecular weight excluding hydrogens is 266 g/mol. The Balaban J connectivity index is 1.92. The van der Waals surface area contributed by atoms with Gasteiger partial charge in [-0.05, 0) is 30.2 Å². The normalized spacial score (nSPS) is 19.0. The Morgan fingerprint density at radius 2 is 1.86 bits per heavy atom. The summed E-state index contributed by atoms with van der Waals surface area (Å²) in [5.74, 6) is -0.357. The van der Waals surface area contributed by atoms with Crippen LogP contribution in [0.2, 0.25) is 0 Å². The van der Waals surface area contributed by atoms with E-state index < -0.39 is 6.10 Å². The van der Waals surface area contributed by atoms with Crippen LogP contribution < -0.4 is 5.32 Å². The fourth-order valence-electron chi connectivity index (χ4n) is 3.21. The number of aliphatic hydroxyl groups excluding tert-OH is 2. The Bertz CT molecular complexity index is 435. The highest BCUT2D eigenvalue weighted by molar-refractivity contribution is 5.81. The molecule has 0 aliphatic heterocycles. The van der Waals surface area contributed by atoms with Crippen molar-refractivity contribution in [2.24, 2.45) is 5.41 Å². The lowest BCUT2D eigenvalue weighted by molar-refractivity contribution is -0.130. The molecule has 0 saturated heterocycles. The number of rotatable bonds is 6. The minimum atomic E-state index is -1.12. The van der Waals surface area contributed by atoms with E-state index >= 15 is 0 Å². The van der Waals surface area contributed by atoms with Crippen LogP contribution in [0.25, 0.3) is 0 Å². The number of benzene rings is 1. The van der Waals surface area contributed by atoms with Crippen LogP contribution in [0, 0.1) is 5.41 Å². The van der Waals surface area contributed by atoms with Crippen LogP contribution in [0.4, 0.5) is 0 Å². The number of nitrogens with one attached hydrogen (secondary N) is 1. The lowest BCUT2D eigenvalue weighted by Crippen LogP contribution is -2.41. The van der Waals surface area contributed by atoms with Gasteiger partial charge in [0.15, 0.2) is 6.10 Å². The second-order valence-electron chi connectivity index (χ2n) is 6.07. The molecule has 0 aromatic heterocycles. The maximum absolute atomic E-state index is 12.1. The second-order valence-corrected chi connectivity index (χ2v) is 6.07. The van der Waals surface area contributed by atoms with Crippen LogP contribution in [-0.2, 0) is 4.79 Å². The standard InChI is InChI=1S/C17H25NO3/c19-12-11-17(9-5-2-6-10-17)13-18-16(21)15(20)14-7-3-1-4-8-14/h1,3-4,7-8,15,19-20H,2,5-6,9-13H2,(H,18,21)/t15-/m0/s1. The molecule has 1 aromatic rings. The number of aliphatic hydroxyl groups is 2. The molecule has 1 saturated carbocycles. The fraction of sp³-hybridized carbons (Fsp3) is 0.588. The predicted molar refractivity (Wildman–Crippen MR) is 81.6 cm³/mol. The zero-order valence-corrected chi connectivity index (χ0v) is 12.4. The van der Waals surface area contributed by atoms with Crippen molar-refractivity contribution in [3.8, 4) is 0 Å². The van der Waals surface area contributed by atoms with Crippen LogP contribution in [0.1, 0.15) is 50.2 Å². The summed E-state index contributed by atoms with van der Waals surface area (Å²) in [5.41, 5.74) is 0.605. The van der Waals surface area contributed by atoms with E-state index in [1.165, 1.54) is 6.42 Å². The van der Waals surface area contributed by atoms with Crippen molar-refractivity contribution in [2.45, 2.75) is 44.6 Å². The number of hydrogen-bond acceptors (Lipinski definition) is 3. The van der Waals surface area contributed by atoms with Crippen LogP contribution >= 0.6 is 0 Å². The molecule has 1 fully saturated rings. The Morgan fingerprint density at radius 1 is 1.19 bits per heavy atom. The lowest BCUT2D eigenvalue weighted by atomic mass is 9.72. The van der Waals surface area contributed by atoms with Gasteiger partial charge in [0.1, 0.15) is 0 Å². The van der Waals surface area contributed by atoms with Crippen LogP contribution in [0.15, 0.2) is 30.3 Å². The lowest BCUT2D eigenvalue weighted by Gasteiger charge is -2.37. The van der Waals surface area contributed by atoms with Gasteiger partial charge in [0.05, 0.1) is 0 Å². The van der Waals surface area contributed by atoms with E-state index in [0.29, 0.717) is 18.5 Å². The van der Waals surface area contributed by atoms with Gasteiger partial charge < -0.3 is 15.5 Å². The topological polar surface area (TPSA) is 69.6 Å². The van der Waals surface area contributed by atoms with Crippen molar-refractivity contribution in [3.63, 3.8) is 0 Å². The van der Waals surface area contributed by atoms with Crippen LogP contribution in [0.3, 0.4) is 0 Å². The molecular formula is C17H25NO3. The fourth-order valence-corrected chi connectivity index (χ4v) is 3.21. The molecule has 0 heterocycles. The molecule has 1 aliphatic carbocycles. The molecule has 0 spiro atoms. The maximum Gasteiger partial charge on any atom is 0.253 e. The van der Waals surface area contributed by atoms with Crippen molar-refractivity contribution in [3.05, 3.63) is 35.9 Å². The van der Waals surface area contributed by atoms with Crippen LogP contribution in [-0.4, -0.2) is 29.3 Å². The Kier molecular flexibility index (Phi) is 5.76. The minimum Gasteiger partial charge on any atom is -0.396 e. The third-order valence-corrected chi connectivity index (χ3v) is 4.56. The molecule has 3 N–H and O–H groups in total. The van der Waals surface area contributed by atoms with Crippen LogP contribution in [0.5, 0.6) is 0 Å². The smallest absolute Gasteiger partial charge is 0.253 e. The average molecular weight is 291 g/mol. The highest BCUT2D eigenvalue weighted by atomic mass is 16.3. The van der Waals surface area contributed by atoms with Gasteiger partial charge in [-0.2, -0.15) is 0 Å². The van der Waals surface area contributed by atoms with E-state index in [-0.39, 0.29) is 17.9 Å². The number of hydrogen-bond donors (Lipinski definition) is 3. The number of carbonyl (C=O) groups excluding carboxylic acids is 1. The molecule has 2 rings (SSSR count). The SMILES string of the molecule is O=C(NCC1(CCO)CCCCC1)[C@@H](O)c1ccccc1. The van der Waals surface area contributed by atoms with Gasteiger partial charge in [-0.3, -0.25) is 4.79 Å². The average Bonchev–Trinajstić information content (AvgIpc) is 2.54. The van der Waals surface area contributed by atoms with Gasteiger partial charge >= 0.3 is 0 Å². The Hall–Kier alpha value is -1.39. The zero-order chi connectivity index (χ0) is 15.1. The number of amides is 1. The first kappa shape index (κ1) is 16.0. The largest absolute Gasteiger partial charge is 0.396 e. The van der Waals surface area contributed by atoms with Crippen molar-refractivity contribution in [1.82, 2.24) is 5.32 Å². The third-order valence-electron chi connectivity index (χ3n) is 4.56. The van der Waals surface area contributed by atoms with E-state index in [1.54, 1.807) is 24.3 Å². The van der Waals surface area contributed by atoms with Gasteiger partial charge in [0.25, 0.3) is 5.91 Å². The summed E-state index contributed by atoms with van der Waals surface area (Å²) in [6.45, 7) is 0.688. The molecule has 1 amide bonds. The highest BCUT2D eigenvalue weighted by Gasteiger charge is 2.32. The summed E-state index contributed by atoms with van der Waals surface area (Å²) in [6.07, 6.45) is 5.20. The molecule has 4 heteroatoms. The number of carbonyl (C=O) groups is 1. The zero-order valence-electron chi connectivity index (χ0n) is 12.4. The highest BCUT2D eigenvalue weighted by Crippen LogP contribution is 2.38. The first-order valence-corrected chi connectivity index (χ1v) is 7.78. The van der Waals surface area contributed by atoms with Gasteiger partial charge in [-0.1, -0.05) is 49.6 Å². The predicted octanol–water partition coefficient (Wildman–Crippen LogP) is 2.17. The van der Waals surface area contributed by atoms with Crippen molar-refractivity contribution in [2.75, 3.05) is 13.2 Å². The molecule has 1 aromatic carbocycles. The van der Waals surface area contributed by atoms with E-state index in [1.807, 2.05) is 6.07 Å². The monoisotopic (exact) mass is 291 g/mol. The molecule has 116 valence electrons. The Labute approximate surface area is 126 Å². The summed E-state index contributed by atoms with van der Waals surface area (Å²) in [4.78, 5) is 12.1. The van der Waals surface area contributed by atoms with Gasteiger partial charge in [-0.25, -0.2) is 0 Å². The van der Waals surface area contributed by atoms with Crippen molar-refractivity contribution < 1.29 is 15.0 Å². The maximum atomic E-state index is 12.1. The quantitative estimate of drug-likeness (QED) is 0.752. The molecule has 1 atom stereocenters. The van der Waals surface area contributed by atoms with Crippen molar-refractivity contribution >= 4 is 5.91 Å². The molecule has 0 unspecified atom stereocenters. The van der Waals surface area contributed by atoms with E-state index in [2.05, 4.69) is 5.32 Å². The minimum absolute atomic E-state index is 0.000925. The summed E-state index contributed by atoms with van der Waals surface area (Å²) >= 11 is 0. The van der Waals surface area contributed by atoms with Crippen molar-refractivity contribution in [1.29, 1.82) is 0 Å². The first-order valence-electron chi connectivity index (χ1n) is 7.78.